The van der Waals surface area contributed by atoms with Crippen LogP contribution in [0.1, 0.15) is 65.7 Å². The third kappa shape index (κ3) is 7.48. The van der Waals surface area contributed by atoms with E-state index in [2.05, 4.69) is 46.1 Å². The maximum atomic E-state index is 8.91. The fourth-order valence-corrected chi connectivity index (χ4v) is 4.57. The van der Waals surface area contributed by atoms with E-state index in [9.17, 15) is 0 Å². The largest absolute Gasteiger partial charge is 0.474 e. The molecule has 2 aromatic rings. The first-order chi connectivity index (χ1) is 15.9. The SMILES string of the molecule is COCC(C)Nc1ncc2c(OC3CC(C)N(C)C(C)C3)nccc2n1.OC1CCCCC1. The predicted octanol–water partition coefficient (Wildman–Crippen LogP) is 4.03. The molecule has 0 aromatic carbocycles. The first-order valence-electron chi connectivity index (χ1n) is 12.3. The van der Waals surface area contributed by atoms with Crippen molar-refractivity contribution in [2.75, 3.05) is 26.1 Å². The summed E-state index contributed by atoms with van der Waals surface area (Å²) in [5, 5.41) is 13.0. The van der Waals surface area contributed by atoms with E-state index in [4.69, 9.17) is 14.6 Å². The lowest BCUT2D eigenvalue weighted by atomic mass is 9.95. The van der Waals surface area contributed by atoms with Crippen molar-refractivity contribution in [1.29, 1.82) is 0 Å². The summed E-state index contributed by atoms with van der Waals surface area (Å²) in [6, 6.07) is 3.01. The van der Waals surface area contributed by atoms with E-state index in [1.165, 1.54) is 19.3 Å². The molecular weight excluding hydrogens is 418 g/mol. The molecule has 8 nitrogen and oxygen atoms in total. The summed E-state index contributed by atoms with van der Waals surface area (Å²) < 4.78 is 11.4. The van der Waals surface area contributed by atoms with Crippen LogP contribution in [0.5, 0.6) is 5.88 Å². The molecule has 4 rings (SSSR count). The second kappa shape index (κ2) is 12.4. The van der Waals surface area contributed by atoms with Gasteiger partial charge in [0.1, 0.15) is 6.10 Å². The average molecular weight is 460 g/mol. The lowest BCUT2D eigenvalue weighted by molar-refractivity contribution is 0.0415. The van der Waals surface area contributed by atoms with Crippen molar-refractivity contribution in [2.24, 2.45) is 0 Å². The smallest absolute Gasteiger partial charge is 0.224 e. The summed E-state index contributed by atoms with van der Waals surface area (Å²) >= 11 is 0. The standard InChI is InChI=1S/C19H29N5O2.C6H12O/c1-12(11-25-5)22-19-21-10-16-17(23-19)6-7-20-18(16)26-15-8-13(2)24(4)14(3)9-15;7-6-4-2-1-3-5-6/h6-7,10,12-15H,8-9,11H2,1-5H3,(H,21,22,23);6-7H,1-5H2. The number of nitrogens with zero attached hydrogens (tertiary/aromatic N) is 4. The number of hydrogen-bond donors (Lipinski definition) is 2. The zero-order chi connectivity index (χ0) is 23.8. The zero-order valence-corrected chi connectivity index (χ0v) is 20.8. The second-order valence-corrected chi connectivity index (χ2v) is 9.61. The number of nitrogens with one attached hydrogen (secondary N) is 1. The Morgan fingerprint density at radius 1 is 1.15 bits per heavy atom. The molecule has 1 saturated carbocycles. The summed E-state index contributed by atoms with van der Waals surface area (Å²) in [6.45, 7) is 7.11. The monoisotopic (exact) mass is 459 g/mol. The summed E-state index contributed by atoms with van der Waals surface area (Å²) in [5.41, 5.74) is 0.825. The van der Waals surface area contributed by atoms with Gasteiger partial charge in [0.2, 0.25) is 11.8 Å². The number of aliphatic hydroxyl groups is 1. The van der Waals surface area contributed by atoms with Crippen LogP contribution < -0.4 is 10.1 Å². The van der Waals surface area contributed by atoms with Gasteiger partial charge < -0.3 is 24.8 Å². The molecule has 33 heavy (non-hydrogen) atoms. The molecule has 3 unspecified atom stereocenters. The van der Waals surface area contributed by atoms with E-state index in [0.717, 1.165) is 36.6 Å². The number of anilines is 1. The molecular formula is C25H41N5O3. The minimum atomic E-state index is 0.0359. The molecule has 1 aliphatic carbocycles. The summed E-state index contributed by atoms with van der Waals surface area (Å²) in [7, 11) is 3.86. The summed E-state index contributed by atoms with van der Waals surface area (Å²) in [6.07, 6.45) is 11.6. The molecule has 2 fully saturated rings. The number of piperidine rings is 1. The maximum Gasteiger partial charge on any atom is 0.224 e. The molecule has 1 aliphatic heterocycles. The third-order valence-corrected chi connectivity index (χ3v) is 6.72. The van der Waals surface area contributed by atoms with Crippen molar-refractivity contribution >= 4 is 16.9 Å². The molecule has 0 radical (unpaired) electrons. The van der Waals surface area contributed by atoms with Gasteiger partial charge in [-0.1, -0.05) is 19.3 Å². The Balaban J connectivity index is 0.000000374. The predicted molar refractivity (Wildman–Crippen MR) is 132 cm³/mol. The van der Waals surface area contributed by atoms with Crippen LogP contribution in [0.4, 0.5) is 5.95 Å². The summed E-state index contributed by atoms with van der Waals surface area (Å²) in [5.74, 6) is 1.20. The van der Waals surface area contributed by atoms with Crippen molar-refractivity contribution in [1.82, 2.24) is 19.9 Å². The lowest BCUT2D eigenvalue weighted by Gasteiger charge is -2.39. The van der Waals surface area contributed by atoms with Crippen LogP contribution >= 0.6 is 0 Å². The van der Waals surface area contributed by atoms with Crippen LogP contribution in [0.25, 0.3) is 10.9 Å². The molecule has 0 amide bonds. The van der Waals surface area contributed by atoms with Crippen molar-refractivity contribution in [2.45, 2.75) is 96.1 Å². The molecule has 1 saturated heterocycles. The number of ether oxygens (including phenoxy) is 2. The lowest BCUT2D eigenvalue weighted by Crippen LogP contribution is -2.47. The maximum absolute atomic E-state index is 8.91. The molecule has 184 valence electrons. The van der Waals surface area contributed by atoms with E-state index in [-0.39, 0.29) is 18.2 Å². The Kier molecular flexibility index (Phi) is 9.64. The van der Waals surface area contributed by atoms with Crippen molar-refractivity contribution < 1.29 is 14.6 Å². The normalized spacial score (nSPS) is 25.2. The van der Waals surface area contributed by atoms with E-state index in [1.807, 2.05) is 13.0 Å². The molecule has 2 aliphatic rings. The highest BCUT2D eigenvalue weighted by atomic mass is 16.5. The second-order valence-electron chi connectivity index (χ2n) is 9.61. The van der Waals surface area contributed by atoms with Gasteiger partial charge in [-0.05, 0) is 59.6 Å². The number of aliphatic hydroxyl groups excluding tert-OH is 1. The van der Waals surface area contributed by atoms with Crippen LogP contribution in [-0.2, 0) is 4.74 Å². The fourth-order valence-electron chi connectivity index (χ4n) is 4.57. The number of methoxy groups -OCH3 is 1. The molecule has 2 N–H and O–H groups in total. The highest BCUT2D eigenvalue weighted by molar-refractivity contribution is 5.83. The molecule has 8 heteroatoms. The Hall–Kier alpha value is -2.03. The minimum Gasteiger partial charge on any atom is -0.474 e. The molecule has 2 aromatic heterocycles. The Labute approximate surface area is 198 Å². The first kappa shape index (κ1) is 25.6. The van der Waals surface area contributed by atoms with Crippen LogP contribution in [0, 0.1) is 0 Å². The molecule has 0 bridgehead atoms. The van der Waals surface area contributed by atoms with Gasteiger partial charge in [0.05, 0.1) is 23.6 Å². The quantitative estimate of drug-likeness (QED) is 0.669. The Morgan fingerprint density at radius 3 is 2.45 bits per heavy atom. The van der Waals surface area contributed by atoms with Crippen LogP contribution in [0.2, 0.25) is 0 Å². The van der Waals surface area contributed by atoms with E-state index < -0.39 is 0 Å². The zero-order valence-electron chi connectivity index (χ0n) is 20.8. The number of fused-ring (bicyclic) bond motifs is 1. The molecule has 3 heterocycles. The van der Waals surface area contributed by atoms with Gasteiger partial charge in [-0.3, -0.25) is 0 Å². The average Bonchev–Trinajstić information content (AvgIpc) is 2.78. The first-order valence-corrected chi connectivity index (χ1v) is 12.3. The number of likely N-dealkylation sites (tertiary alicyclic amines) is 1. The Bertz CT molecular complexity index is 849. The number of aromatic nitrogens is 3. The highest BCUT2D eigenvalue weighted by Crippen LogP contribution is 2.28. The van der Waals surface area contributed by atoms with Crippen LogP contribution in [0.15, 0.2) is 18.5 Å². The van der Waals surface area contributed by atoms with Gasteiger partial charge >= 0.3 is 0 Å². The number of rotatable bonds is 6. The molecule has 0 spiro atoms. The van der Waals surface area contributed by atoms with Crippen molar-refractivity contribution in [3.63, 3.8) is 0 Å². The van der Waals surface area contributed by atoms with E-state index in [1.54, 1.807) is 19.5 Å². The Morgan fingerprint density at radius 2 is 1.85 bits per heavy atom. The highest BCUT2D eigenvalue weighted by Gasteiger charge is 2.30. The third-order valence-electron chi connectivity index (χ3n) is 6.72. The van der Waals surface area contributed by atoms with Crippen molar-refractivity contribution in [3.05, 3.63) is 18.5 Å². The number of pyridine rings is 1. The van der Waals surface area contributed by atoms with E-state index >= 15 is 0 Å². The molecule has 3 atom stereocenters. The van der Waals surface area contributed by atoms with Gasteiger partial charge in [-0.15, -0.1) is 0 Å². The van der Waals surface area contributed by atoms with Gasteiger partial charge in [-0.25, -0.2) is 15.0 Å². The van der Waals surface area contributed by atoms with Gasteiger partial charge in [0, 0.05) is 37.6 Å². The van der Waals surface area contributed by atoms with Gasteiger partial charge in [-0.2, -0.15) is 0 Å². The minimum absolute atomic E-state index is 0.0359. The summed E-state index contributed by atoms with van der Waals surface area (Å²) in [4.78, 5) is 15.8. The van der Waals surface area contributed by atoms with Crippen molar-refractivity contribution in [3.8, 4) is 5.88 Å². The number of hydrogen-bond acceptors (Lipinski definition) is 8. The van der Waals surface area contributed by atoms with E-state index in [0.29, 0.717) is 30.5 Å². The fraction of sp³-hybridized carbons (Fsp3) is 0.720. The van der Waals surface area contributed by atoms with Gasteiger partial charge in [0.25, 0.3) is 0 Å². The van der Waals surface area contributed by atoms with Crippen LogP contribution in [-0.4, -0.2) is 76.1 Å². The van der Waals surface area contributed by atoms with Gasteiger partial charge in [0.15, 0.2) is 0 Å². The van der Waals surface area contributed by atoms with Crippen LogP contribution in [0.3, 0.4) is 0 Å². The topological polar surface area (TPSA) is 92.6 Å².